The molecule has 2 saturated heterocycles. The molecule has 0 aromatic heterocycles. The van der Waals surface area contributed by atoms with Crippen molar-refractivity contribution in [2.24, 2.45) is 0 Å². The lowest BCUT2D eigenvalue weighted by Gasteiger charge is -2.35. The highest BCUT2D eigenvalue weighted by atomic mass is 32.2. The number of benzene rings is 2. The molecule has 2 aromatic carbocycles. The molecule has 0 spiro atoms. The smallest absolute Gasteiger partial charge is 0.251 e. The zero-order valence-corrected chi connectivity index (χ0v) is 18.8. The molecule has 0 radical (unpaired) electrons. The van der Waals surface area contributed by atoms with Crippen molar-refractivity contribution in [1.82, 2.24) is 10.2 Å². The molecule has 1 N–H and O–H groups in total. The fourth-order valence-corrected chi connectivity index (χ4v) is 5.52. The van der Waals surface area contributed by atoms with E-state index in [-0.39, 0.29) is 29.8 Å². The Morgan fingerprint density at radius 1 is 1.12 bits per heavy atom. The third-order valence-corrected chi connectivity index (χ3v) is 7.52. The van der Waals surface area contributed by atoms with E-state index >= 15 is 0 Å². The van der Waals surface area contributed by atoms with E-state index in [1.165, 1.54) is 17.7 Å². The molecule has 2 aromatic rings. The molecular formula is C23H27N3O5S. The van der Waals surface area contributed by atoms with Crippen molar-refractivity contribution in [3.63, 3.8) is 0 Å². The van der Waals surface area contributed by atoms with Gasteiger partial charge in [0.05, 0.1) is 30.7 Å². The molecule has 0 saturated carbocycles. The summed E-state index contributed by atoms with van der Waals surface area (Å²) in [5.74, 6) is -1.00. The standard InChI is InChI=1S/C23H27N3O5S/c1-17-5-7-18(8-6-17)21(25-10-12-31-13-11-25)16-24-23(28)19-3-2-4-20(15-19)26-22(27)9-14-32(26,29)30/h2-8,15,21H,9-14,16H2,1H3,(H,24,28)/t21-/m1/s1. The fraction of sp³-hybridized carbons (Fsp3) is 0.391. The second-order valence-electron chi connectivity index (χ2n) is 8.06. The van der Waals surface area contributed by atoms with Crippen LogP contribution in [0.2, 0.25) is 0 Å². The Bertz CT molecular complexity index is 1090. The summed E-state index contributed by atoms with van der Waals surface area (Å²) < 4.78 is 30.7. The van der Waals surface area contributed by atoms with Gasteiger partial charge in [0.1, 0.15) is 0 Å². The van der Waals surface area contributed by atoms with E-state index in [0.29, 0.717) is 25.3 Å². The quantitative estimate of drug-likeness (QED) is 0.712. The number of amides is 2. The molecular weight excluding hydrogens is 430 g/mol. The maximum atomic E-state index is 12.9. The predicted octanol–water partition coefficient (Wildman–Crippen LogP) is 1.86. The topological polar surface area (TPSA) is 96.0 Å². The summed E-state index contributed by atoms with van der Waals surface area (Å²) in [4.78, 5) is 27.3. The van der Waals surface area contributed by atoms with E-state index in [1.54, 1.807) is 12.1 Å². The first kappa shape index (κ1) is 22.4. The minimum absolute atomic E-state index is 0.00725. The summed E-state index contributed by atoms with van der Waals surface area (Å²) in [5, 5.41) is 2.98. The molecule has 2 fully saturated rings. The van der Waals surface area contributed by atoms with Gasteiger partial charge >= 0.3 is 0 Å². The van der Waals surface area contributed by atoms with Crippen LogP contribution in [0.5, 0.6) is 0 Å². The van der Waals surface area contributed by atoms with Crippen LogP contribution in [0.25, 0.3) is 0 Å². The van der Waals surface area contributed by atoms with Gasteiger partial charge in [-0.1, -0.05) is 35.9 Å². The number of nitrogens with one attached hydrogen (secondary N) is 1. The van der Waals surface area contributed by atoms with Crippen LogP contribution in [0.15, 0.2) is 48.5 Å². The Labute approximate surface area is 188 Å². The lowest BCUT2D eigenvalue weighted by atomic mass is 10.0. The molecule has 2 aliphatic heterocycles. The van der Waals surface area contributed by atoms with Gasteiger partial charge in [0.15, 0.2) is 0 Å². The average molecular weight is 458 g/mol. The summed E-state index contributed by atoms with van der Waals surface area (Å²) in [7, 11) is -3.68. The number of ether oxygens (including phenoxy) is 1. The highest BCUT2D eigenvalue weighted by molar-refractivity contribution is 7.94. The van der Waals surface area contributed by atoms with Crippen molar-refractivity contribution in [2.45, 2.75) is 19.4 Å². The molecule has 1 atom stereocenters. The van der Waals surface area contributed by atoms with Crippen molar-refractivity contribution < 1.29 is 22.7 Å². The third-order valence-electron chi connectivity index (χ3n) is 5.83. The molecule has 8 nitrogen and oxygen atoms in total. The zero-order valence-electron chi connectivity index (χ0n) is 18.0. The molecule has 2 aliphatic rings. The van der Waals surface area contributed by atoms with Crippen molar-refractivity contribution >= 4 is 27.5 Å². The summed E-state index contributed by atoms with van der Waals surface area (Å²) in [6.45, 7) is 5.28. The van der Waals surface area contributed by atoms with Gasteiger partial charge in [0.2, 0.25) is 15.9 Å². The number of hydrogen-bond donors (Lipinski definition) is 1. The molecule has 2 amide bonds. The van der Waals surface area contributed by atoms with E-state index < -0.39 is 15.9 Å². The van der Waals surface area contributed by atoms with Crippen LogP contribution in [-0.2, 0) is 19.6 Å². The fourth-order valence-electron chi connectivity index (χ4n) is 4.07. The number of morpholine rings is 1. The Hall–Kier alpha value is -2.75. The number of sulfonamides is 1. The van der Waals surface area contributed by atoms with E-state index in [9.17, 15) is 18.0 Å². The summed E-state index contributed by atoms with van der Waals surface area (Å²) in [5.41, 5.74) is 2.78. The molecule has 9 heteroatoms. The molecule has 2 heterocycles. The number of rotatable bonds is 6. The third kappa shape index (κ3) is 4.85. The van der Waals surface area contributed by atoms with Crippen LogP contribution in [-0.4, -0.2) is 63.7 Å². The summed E-state index contributed by atoms with van der Waals surface area (Å²) in [6, 6.07) is 14.4. The first-order valence-corrected chi connectivity index (χ1v) is 12.3. The van der Waals surface area contributed by atoms with Crippen LogP contribution < -0.4 is 9.62 Å². The second kappa shape index (κ2) is 9.40. The molecule has 0 aliphatic carbocycles. The highest BCUT2D eigenvalue weighted by Crippen LogP contribution is 2.26. The van der Waals surface area contributed by atoms with Crippen molar-refractivity contribution in [3.05, 3.63) is 65.2 Å². The molecule has 0 bridgehead atoms. The van der Waals surface area contributed by atoms with Crippen LogP contribution in [0.3, 0.4) is 0 Å². The Balaban J connectivity index is 1.51. The zero-order chi connectivity index (χ0) is 22.7. The van der Waals surface area contributed by atoms with Gasteiger partial charge in [0, 0.05) is 31.6 Å². The maximum absolute atomic E-state index is 12.9. The molecule has 4 rings (SSSR count). The largest absolute Gasteiger partial charge is 0.379 e. The summed E-state index contributed by atoms with van der Waals surface area (Å²) in [6.07, 6.45) is -0.0451. The first-order valence-electron chi connectivity index (χ1n) is 10.7. The van der Waals surface area contributed by atoms with Gasteiger partial charge in [-0.05, 0) is 30.7 Å². The van der Waals surface area contributed by atoms with Gasteiger partial charge in [-0.15, -0.1) is 0 Å². The second-order valence-corrected chi connectivity index (χ2v) is 10.00. The number of hydrogen-bond acceptors (Lipinski definition) is 6. The molecule has 0 unspecified atom stereocenters. The Morgan fingerprint density at radius 3 is 2.50 bits per heavy atom. The van der Waals surface area contributed by atoms with Gasteiger partial charge < -0.3 is 10.1 Å². The lowest BCUT2D eigenvalue weighted by molar-refractivity contribution is -0.116. The van der Waals surface area contributed by atoms with E-state index in [4.69, 9.17) is 4.74 Å². The maximum Gasteiger partial charge on any atom is 0.251 e. The van der Waals surface area contributed by atoms with Gasteiger partial charge in [-0.2, -0.15) is 0 Å². The van der Waals surface area contributed by atoms with Crippen LogP contribution in [0, 0.1) is 6.92 Å². The molecule has 170 valence electrons. The van der Waals surface area contributed by atoms with Crippen molar-refractivity contribution in [3.8, 4) is 0 Å². The van der Waals surface area contributed by atoms with Crippen LogP contribution >= 0.6 is 0 Å². The molecule has 32 heavy (non-hydrogen) atoms. The normalized spacial score (nSPS) is 19.7. The highest BCUT2D eigenvalue weighted by Gasteiger charge is 2.36. The van der Waals surface area contributed by atoms with Gasteiger partial charge in [0.25, 0.3) is 5.91 Å². The van der Waals surface area contributed by atoms with Gasteiger partial charge in [-0.25, -0.2) is 12.7 Å². The van der Waals surface area contributed by atoms with Gasteiger partial charge in [-0.3, -0.25) is 14.5 Å². The minimum Gasteiger partial charge on any atom is -0.379 e. The van der Waals surface area contributed by atoms with E-state index in [1.807, 2.05) is 6.92 Å². The van der Waals surface area contributed by atoms with Crippen molar-refractivity contribution in [2.75, 3.05) is 42.9 Å². The first-order chi connectivity index (χ1) is 15.3. The SMILES string of the molecule is Cc1ccc([C@@H](CNC(=O)c2cccc(N3C(=O)CCS3(=O)=O)c2)N2CCOCC2)cc1. The Kier molecular flexibility index (Phi) is 6.59. The number of carbonyl (C=O) groups is 2. The predicted molar refractivity (Wildman–Crippen MR) is 121 cm³/mol. The number of carbonyl (C=O) groups excluding carboxylic acids is 2. The minimum atomic E-state index is -3.68. The van der Waals surface area contributed by atoms with E-state index in [0.717, 1.165) is 23.0 Å². The Morgan fingerprint density at radius 2 is 1.84 bits per heavy atom. The van der Waals surface area contributed by atoms with E-state index in [2.05, 4.69) is 34.5 Å². The number of nitrogens with zero attached hydrogens (tertiary/aromatic N) is 2. The van der Waals surface area contributed by atoms with Crippen LogP contribution in [0.1, 0.15) is 33.9 Å². The lowest BCUT2D eigenvalue weighted by Crippen LogP contribution is -2.43. The monoisotopic (exact) mass is 457 g/mol. The summed E-state index contributed by atoms with van der Waals surface area (Å²) >= 11 is 0. The average Bonchev–Trinajstić information content (AvgIpc) is 3.07. The number of aryl methyl sites for hydroxylation is 1. The van der Waals surface area contributed by atoms with Crippen molar-refractivity contribution in [1.29, 1.82) is 0 Å². The van der Waals surface area contributed by atoms with Crippen LogP contribution in [0.4, 0.5) is 5.69 Å². The number of anilines is 1.